The molecule has 0 spiro atoms. The van der Waals surface area contributed by atoms with Crippen LogP contribution in [0.15, 0.2) is 53.9 Å². The van der Waals surface area contributed by atoms with Gasteiger partial charge in [0.1, 0.15) is 5.70 Å². The summed E-state index contributed by atoms with van der Waals surface area (Å²) in [6, 6.07) is 4.42. The normalized spacial score (nSPS) is 14.0. The second-order valence-corrected chi connectivity index (χ2v) is 7.02. The number of allylic oxidation sites excluding steroid dienone is 2. The number of anilines is 1. The number of nitro groups is 1. The monoisotopic (exact) mass is 386 g/mol. The number of hydrogen-bond donors (Lipinski definition) is 0. The minimum Gasteiger partial charge on any atom is -0.465 e. The van der Waals surface area contributed by atoms with Crippen LogP contribution >= 0.6 is 0 Å². The van der Waals surface area contributed by atoms with E-state index in [0.29, 0.717) is 5.69 Å². The maximum absolute atomic E-state index is 12.6. The molecule has 148 valence electrons. The molecule has 0 aromatic heterocycles. The van der Waals surface area contributed by atoms with Gasteiger partial charge in [0.15, 0.2) is 0 Å². The van der Waals surface area contributed by atoms with E-state index in [0.717, 1.165) is 5.56 Å². The molecule has 0 bridgehead atoms. The summed E-state index contributed by atoms with van der Waals surface area (Å²) in [5, 5.41) is 11.3. The van der Waals surface area contributed by atoms with Crippen LogP contribution in [0.25, 0.3) is 0 Å². The van der Waals surface area contributed by atoms with Crippen molar-refractivity contribution in [2.24, 2.45) is 0 Å². The highest BCUT2D eigenvalue weighted by molar-refractivity contribution is 6.05. The van der Waals surface area contributed by atoms with Crippen LogP contribution in [0.5, 0.6) is 0 Å². The lowest BCUT2D eigenvalue weighted by Crippen LogP contribution is -2.29. The van der Waals surface area contributed by atoms with E-state index in [1.165, 1.54) is 37.3 Å². The zero-order chi connectivity index (χ0) is 21.1. The van der Waals surface area contributed by atoms with Crippen molar-refractivity contribution in [2.45, 2.75) is 26.2 Å². The topological polar surface area (TPSA) is 99.0 Å². The Morgan fingerprint density at radius 3 is 2.25 bits per heavy atom. The molecule has 1 aromatic rings. The van der Waals surface area contributed by atoms with E-state index in [1.54, 1.807) is 24.4 Å². The molecular formula is C20H22N2O6. The number of rotatable bonds is 4. The molecule has 0 N–H and O–H groups in total. The minimum atomic E-state index is -0.775. The number of ether oxygens (including phenoxy) is 2. The Morgan fingerprint density at radius 2 is 1.71 bits per heavy atom. The predicted octanol–water partition coefficient (Wildman–Crippen LogP) is 3.38. The molecular weight excluding hydrogens is 364 g/mol. The molecule has 0 fully saturated rings. The number of esters is 2. The maximum Gasteiger partial charge on any atom is 0.355 e. The summed E-state index contributed by atoms with van der Waals surface area (Å²) in [6.07, 6.45) is 6.17. The lowest BCUT2D eigenvalue weighted by atomic mass is 9.85. The quantitative estimate of drug-likeness (QED) is 0.444. The number of non-ortho nitro benzene ring substituents is 1. The van der Waals surface area contributed by atoms with Crippen LogP contribution in [0, 0.1) is 10.1 Å². The fraction of sp³-hybridized carbons (Fsp3) is 0.300. The molecule has 0 aliphatic carbocycles. The van der Waals surface area contributed by atoms with Gasteiger partial charge in [0.25, 0.3) is 5.69 Å². The summed E-state index contributed by atoms with van der Waals surface area (Å²) in [7, 11) is 2.40. The maximum atomic E-state index is 12.6. The summed E-state index contributed by atoms with van der Waals surface area (Å²) < 4.78 is 9.67. The van der Waals surface area contributed by atoms with Crippen molar-refractivity contribution in [1.29, 1.82) is 0 Å². The van der Waals surface area contributed by atoms with Gasteiger partial charge < -0.3 is 14.4 Å². The van der Waals surface area contributed by atoms with Crippen LogP contribution in [-0.4, -0.2) is 31.1 Å². The molecule has 0 radical (unpaired) electrons. The van der Waals surface area contributed by atoms with Gasteiger partial charge in [0.05, 0.1) is 30.4 Å². The van der Waals surface area contributed by atoms with Gasteiger partial charge in [0.2, 0.25) is 0 Å². The van der Waals surface area contributed by atoms with Crippen LogP contribution in [0.1, 0.15) is 26.3 Å². The Balaban J connectivity index is 2.86. The predicted molar refractivity (Wildman–Crippen MR) is 104 cm³/mol. The first-order valence-electron chi connectivity index (χ1n) is 8.45. The Labute approximate surface area is 162 Å². The fourth-order valence-electron chi connectivity index (χ4n) is 2.82. The number of carbonyl (C=O) groups excluding carboxylic acids is 2. The van der Waals surface area contributed by atoms with E-state index < -0.39 is 22.3 Å². The van der Waals surface area contributed by atoms with E-state index >= 15 is 0 Å². The van der Waals surface area contributed by atoms with E-state index in [-0.39, 0.29) is 17.0 Å². The van der Waals surface area contributed by atoms with Crippen molar-refractivity contribution in [3.8, 4) is 0 Å². The molecule has 0 unspecified atom stereocenters. The van der Waals surface area contributed by atoms with Crippen molar-refractivity contribution in [1.82, 2.24) is 0 Å². The number of carbonyl (C=O) groups is 2. The van der Waals surface area contributed by atoms with Gasteiger partial charge in [-0.1, -0.05) is 26.8 Å². The van der Waals surface area contributed by atoms with Gasteiger partial charge in [-0.2, -0.15) is 0 Å². The molecule has 0 atom stereocenters. The van der Waals surface area contributed by atoms with Gasteiger partial charge in [-0.3, -0.25) is 10.1 Å². The van der Waals surface area contributed by atoms with E-state index in [4.69, 9.17) is 9.47 Å². The lowest BCUT2D eigenvalue weighted by Gasteiger charge is -2.30. The number of benzene rings is 1. The summed E-state index contributed by atoms with van der Waals surface area (Å²) in [5.41, 5.74) is 0.484. The molecule has 1 aliphatic rings. The van der Waals surface area contributed by atoms with Gasteiger partial charge in [-0.25, -0.2) is 9.59 Å². The third-order valence-corrected chi connectivity index (χ3v) is 4.15. The molecule has 8 heteroatoms. The molecule has 1 heterocycles. The third-order valence-electron chi connectivity index (χ3n) is 4.15. The zero-order valence-electron chi connectivity index (χ0n) is 16.4. The first-order valence-corrected chi connectivity index (χ1v) is 8.45. The standard InChI is InChI=1S/C20H22N2O6/c1-20(2,3)15-10-9-13(22(25)26)12-16(15)21-11-7-6-8-14(18(23)27-4)17(21)19(24)28-5/h6-12H,1-5H3. The largest absolute Gasteiger partial charge is 0.465 e. The second-order valence-electron chi connectivity index (χ2n) is 7.02. The summed E-state index contributed by atoms with van der Waals surface area (Å²) >= 11 is 0. The zero-order valence-corrected chi connectivity index (χ0v) is 16.4. The summed E-state index contributed by atoms with van der Waals surface area (Å²) in [6.45, 7) is 5.83. The number of nitro benzene ring substituents is 1. The fourth-order valence-corrected chi connectivity index (χ4v) is 2.82. The van der Waals surface area contributed by atoms with Crippen LogP contribution in [-0.2, 0) is 24.5 Å². The number of hydrogen-bond acceptors (Lipinski definition) is 7. The summed E-state index contributed by atoms with van der Waals surface area (Å²) in [5.74, 6) is -1.50. The lowest BCUT2D eigenvalue weighted by molar-refractivity contribution is -0.384. The van der Waals surface area contributed by atoms with Crippen molar-refractivity contribution in [2.75, 3.05) is 19.1 Å². The van der Waals surface area contributed by atoms with E-state index in [2.05, 4.69) is 0 Å². The average molecular weight is 386 g/mol. The molecule has 2 rings (SSSR count). The smallest absolute Gasteiger partial charge is 0.355 e. The first kappa shape index (κ1) is 20.9. The first-order chi connectivity index (χ1) is 13.1. The molecule has 1 aliphatic heterocycles. The Hall–Kier alpha value is -3.42. The van der Waals surface area contributed by atoms with Crippen molar-refractivity contribution in [3.63, 3.8) is 0 Å². The molecule has 1 aromatic carbocycles. The SMILES string of the molecule is COC(=O)C1=C(C(=O)OC)N(c2cc([N+](=O)[O-])ccc2C(C)(C)C)C=CC=C1. The number of nitrogens with zero attached hydrogens (tertiary/aromatic N) is 2. The van der Waals surface area contributed by atoms with Gasteiger partial charge >= 0.3 is 11.9 Å². The molecule has 0 saturated heterocycles. The van der Waals surface area contributed by atoms with Crippen LogP contribution in [0.2, 0.25) is 0 Å². The molecule has 0 amide bonds. The van der Waals surface area contributed by atoms with Gasteiger partial charge in [-0.15, -0.1) is 0 Å². The molecule has 0 saturated carbocycles. The van der Waals surface area contributed by atoms with E-state index in [1.807, 2.05) is 20.8 Å². The highest BCUT2D eigenvalue weighted by Crippen LogP contribution is 2.38. The van der Waals surface area contributed by atoms with Crippen LogP contribution in [0.3, 0.4) is 0 Å². The second kappa shape index (κ2) is 8.08. The Bertz CT molecular complexity index is 906. The highest BCUT2D eigenvalue weighted by Gasteiger charge is 2.31. The average Bonchev–Trinajstić information content (AvgIpc) is 2.88. The number of methoxy groups -OCH3 is 2. The van der Waals surface area contributed by atoms with Gasteiger partial charge in [0, 0.05) is 18.3 Å². The summed E-state index contributed by atoms with van der Waals surface area (Å²) in [4.78, 5) is 37.1. The Kier molecular flexibility index (Phi) is 6.03. The van der Waals surface area contributed by atoms with Crippen molar-refractivity contribution >= 4 is 23.3 Å². The van der Waals surface area contributed by atoms with Gasteiger partial charge in [-0.05, 0) is 29.2 Å². The van der Waals surface area contributed by atoms with Crippen molar-refractivity contribution < 1.29 is 24.0 Å². The molecule has 28 heavy (non-hydrogen) atoms. The Morgan fingerprint density at radius 1 is 1.07 bits per heavy atom. The molecule has 8 nitrogen and oxygen atoms in total. The third kappa shape index (κ3) is 4.11. The minimum absolute atomic E-state index is 0.0225. The van der Waals surface area contributed by atoms with Crippen molar-refractivity contribution in [3.05, 3.63) is 69.6 Å². The highest BCUT2D eigenvalue weighted by atomic mass is 16.6. The van der Waals surface area contributed by atoms with E-state index in [9.17, 15) is 19.7 Å². The van der Waals surface area contributed by atoms with Crippen LogP contribution < -0.4 is 4.90 Å². The van der Waals surface area contributed by atoms with Crippen LogP contribution in [0.4, 0.5) is 11.4 Å².